The number of nitrogens with zero attached hydrogens (tertiary/aromatic N) is 8. The highest BCUT2D eigenvalue weighted by Gasteiger charge is 2.30. The molecule has 10 heteroatoms. The molecule has 1 atom stereocenters. The molecule has 2 aliphatic heterocycles. The van der Waals surface area contributed by atoms with Crippen LogP contribution in [-0.4, -0.2) is 74.6 Å². The molecule has 3 aromatic heterocycles. The van der Waals surface area contributed by atoms with Crippen LogP contribution in [0.25, 0.3) is 11.2 Å². The second-order valence-corrected chi connectivity index (χ2v) is 9.62. The van der Waals surface area contributed by atoms with Gasteiger partial charge in [0.25, 0.3) is 0 Å². The molecular formula is C27H30N8O2. The van der Waals surface area contributed by atoms with E-state index in [2.05, 4.69) is 54.9 Å². The molecule has 0 saturated carbocycles. The Kier molecular flexibility index (Phi) is 6.07. The lowest BCUT2D eigenvalue weighted by atomic mass is 9.96. The predicted molar refractivity (Wildman–Crippen MR) is 141 cm³/mol. The van der Waals surface area contributed by atoms with E-state index in [-0.39, 0.29) is 18.5 Å². The van der Waals surface area contributed by atoms with Crippen LogP contribution in [0.4, 0.5) is 11.4 Å². The first-order valence-corrected chi connectivity index (χ1v) is 12.6. The van der Waals surface area contributed by atoms with Gasteiger partial charge in [-0.3, -0.25) is 4.79 Å². The molecular weight excluding hydrogens is 468 g/mol. The summed E-state index contributed by atoms with van der Waals surface area (Å²) in [7, 11) is 1.57. The predicted octanol–water partition coefficient (Wildman–Crippen LogP) is 2.53. The summed E-state index contributed by atoms with van der Waals surface area (Å²) in [6.45, 7) is 6.36. The first-order valence-electron chi connectivity index (χ1n) is 12.6. The summed E-state index contributed by atoms with van der Waals surface area (Å²) in [6.07, 6.45) is 8.05. The summed E-state index contributed by atoms with van der Waals surface area (Å²) in [5.41, 5.74) is 6.51. The van der Waals surface area contributed by atoms with Crippen LogP contribution >= 0.6 is 0 Å². The van der Waals surface area contributed by atoms with Gasteiger partial charge >= 0.3 is 6.01 Å². The molecule has 0 radical (unpaired) electrons. The number of ether oxygens (including phenoxy) is 1. The van der Waals surface area contributed by atoms with Gasteiger partial charge < -0.3 is 24.0 Å². The zero-order valence-electron chi connectivity index (χ0n) is 21.1. The maximum atomic E-state index is 13.2. The molecule has 1 amide bonds. The molecule has 0 bridgehead atoms. The number of hydrogen-bond donors (Lipinski definition) is 0. The lowest BCUT2D eigenvalue weighted by Crippen LogP contribution is -2.55. The van der Waals surface area contributed by atoms with E-state index in [0.29, 0.717) is 12.6 Å². The van der Waals surface area contributed by atoms with Crippen molar-refractivity contribution in [3.8, 4) is 6.01 Å². The fourth-order valence-electron chi connectivity index (χ4n) is 5.45. The van der Waals surface area contributed by atoms with Gasteiger partial charge in [-0.15, -0.1) is 0 Å². The van der Waals surface area contributed by atoms with E-state index in [0.717, 1.165) is 49.5 Å². The molecule has 190 valence electrons. The maximum absolute atomic E-state index is 13.2. The number of anilines is 2. The molecule has 37 heavy (non-hydrogen) atoms. The molecule has 10 nitrogen and oxygen atoms in total. The molecule has 1 unspecified atom stereocenters. The molecule has 2 aliphatic rings. The number of carbonyl (C=O) groups excluding carboxylic acids is 1. The van der Waals surface area contributed by atoms with Gasteiger partial charge in [-0.25, -0.2) is 19.9 Å². The van der Waals surface area contributed by atoms with E-state index in [1.54, 1.807) is 19.6 Å². The largest absolute Gasteiger partial charge is 0.467 e. The van der Waals surface area contributed by atoms with Crippen molar-refractivity contribution in [1.29, 1.82) is 0 Å². The molecule has 1 fully saturated rings. The van der Waals surface area contributed by atoms with Crippen LogP contribution in [0.15, 0.2) is 55.2 Å². The number of piperazine rings is 1. The van der Waals surface area contributed by atoms with Gasteiger partial charge in [-0.2, -0.15) is 0 Å². The maximum Gasteiger partial charge on any atom is 0.316 e. The Balaban J connectivity index is 1.16. The average Bonchev–Trinajstić information content (AvgIpc) is 3.35. The number of fused-ring (bicyclic) bond motifs is 2. The van der Waals surface area contributed by atoms with E-state index in [4.69, 9.17) is 4.74 Å². The van der Waals surface area contributed by atoms with Gasteiger partial charge in [0.05, 0.1) is 31.5 Å². The number of methoxy groups -OCH3 is 1. The van der Waals surface area contributed by atoms with Gasteiger partial charge in [0.15, 0.2) is 5.65 Å². The Morgan fingerprint density at radius 1 is 1.03 bits per heavy atom. The van der Waals surface area contributed by atoms with Gasteiger partial charge in [0, 0.05) is 50.6 Å². The summed E-state index contributed by atoms with van der Waals surface area (Å²) in [5, 5.41) is 0. The average molecular weight is 499 g/mol. The van der Waals surface area contributed by atoms with Crippen molar-refractivity contribution < 1.29 is 9.53 Å². The van der Waals surface area contributed by atoms with Crippen molar-refractivity contribution in [2.75, 3.05) is 43.1 Å². The molecule has 0 spiro atoms. The Hall–Kier alpha value is -4.21. The summed E-state index contributed by atoms with van der Waals surface area (Å²) >= 11 is 0. The van der Waals surface area contributed by atoms with E-state index in [9.17, 15) is 4.79 Å². The Morgan fingerprint density at radius 2 is 1.89 bits per heavy atom. The second kappa shape index (κ2) is 9.68. The summed E-state index contributed by atoms with van der Waals surface area (Å²) in [5.74, 6) is 0.0953. The Labute approximate surface area is 215 Å². The van der Waals surface area contributed by atoms with Gasteiger partial charge in [0.1, 0.15) is 12.1 Å². The monoisotopic (exact) mass is 498 g/mol. The normalized spacial score (nSPS) is 17.7. The van der Waals surface area contributed by atoms with E-state index in [1.165, 1.54) is 16.8 Å². The minimum atomic E-state index is 0.0922. The molecule has 0 N–H and O–H groups in total. The quantitative estimate of drug-likeness (QED) is 0.415. The van der Waals surface area contributed by atoms with Crippen molar-refractivity contribution in [3.63, 3.8) is 0 Å². The molecule has 0 aliphatic carbocycles. The smallest absolute Gasteiger partial charge is 0.316 e. The highest BCUT2D eigenvalue weighted by Crippen LogP contribution is 2.32. The lowest BCUT2D eigenvalue weighted by molar-refractivity contribution is -0.134. The van der Waals surface area contributed by atoms with Crippen LogP contribution in [0.1, 0.15) is 18.1 Å². The summed E-state index contributed by atoms with van der Waals surface area (Å²) in [6, 6.07) is 10.8. The molecule has 1 aromatic carbocycles. The fourth-order valence-corrected chi connectivity index (χ4v) is 5.45. The van der Waals surface area contributed by atoms with Crippen LogP contribution in [-0.2, 0) is 24.3 Å². The molecule has 4 aromatic rings. The molecule has 1 saturated heterocycles. The number of carbonyl (C=O) groups is 1. The highest BCUT2D eigenvalue weighted by atomic mass is 16.5. The van der Waals surface area contributed by atoms with Crippen LogP contribution in [0.2, 0.25) is 0 Å². The third-order valence-electron chi connectivity index (χ3n) is 7.38. The number of rotatable bonds is 5. The van der Waals surface area contributed by atoms with Crippen molar-refractivity contribution in [1.82, 2.24) is 29.4 Å². The SMILES string of the molecule is COc1ncc(N2CCc3cccc(N4CCN(C(=O)Cn5cnc6cccnc65)C(C)C4)c3C2)cn1. The lowest BCUT2D eigenvalue weighted by Gasteiger charge is -2.43. The van der Waals surface area contributed by atoms with Crippen molar-refractivity contribution >= 4 is 28.4 Å². The van der Waals surface area contributed by atoms with Crippen molar-refractivity contribution in [2.24, 2.45) is 0 Å². The third-order valence-corrected chi connectivity index (χ3v) is 7.38. The topological polar surface area (TPSA) is 92.5 Å². The first-order chi connectivity index (χ1) is 18.1. The van der Waals surface area contributed by atoms with Crippen molar-refractivity contribution in [3.05, 3.63) is 66.4 Å². The number of aromatic nitrogens is 5. The Morgan fingerprint density at radius 3 is 2.70 bits per heavy atom. The number of hydrogen-bond acceptors (Lipinski definition) is 8. The molecule has 5 heterocycles. The standard InChI is InChI=1S/C27H30N8O2/c1-19-15-33(11-12-35(19)25(36)17-34-18-31-23-6-4-9-28-26(23)34)24-7-3-5-20-8-10-32(16-22(20)24)21-13-29-27(37-2)30-14-21/h3-7,9,13-14,18-19H,8,10-12,15-17H2,1-2H3. The van der Waals surface area contributed by atoms with Gasteiger partial charge in [-0.05, 0) is 42.7 Å². The highest BCUT2D eigenvalue weighted by molar-refractivity contribution is 5.79. The number of pyridine rings is 1. The Bertz CT molecular complexity index is 1420. The van der Waals surface area contributed by atoms with E-state index in [1.807, 2.05) is 34.0 Å². The van der Waals surface area contributed by atoms with E-state index < -0.39 is 0 Å². The third kappa shape index (κ3) is 4.43. The minimum absolute atomic E-state index is 0.0922. The van der Waals surface area contributed by atoms with Gasteiger partial charge in [0.2, 0.25) is 5.91 Å². The zero-order chi connectivity index (χ0) is 25.4. The first kappa shape index (κ1) is 23.2. The number of amides is 1. The van der Waals surface area contributed by atoms with Crippen molar-refractivity contribution in [2.45, 2.75) is 32.5 Å². The van der Waals surface area contributed by atoms with Crippen LogP contribution in [0.3, 0.4) is 0 Å². The second-order valence-electron chi connectivity index (χ2n) is 9.62. The number of imidazole rings is 1. The number of benzene rings is 1. The van der Waals surface area contributed by atoms with Gasteiger partial charge in [-0.1, -0.05) is 12.1 Å². The summed E-state index contributed by atoms with van der Waals surface area (Å²) in [4.78, 5) is 37.3. The zero-order valence-corrected chi connectivity index (χ0v) is 21.1. The molecule has 6 rings (SSSR count). The minimum Gasteiger partial charge on any atom is -0.467 e. The van der Waals surface area contributed by atoms with Crippen LogP contribution in [0, 0.1) is 0 Å². The fraction of sp³-hybridized carbons (Fsp3) is 0.370. The van der Waals surface area contributed by atoms with Crippen LogP contribution in [0.5, 0.6) is 6.01 Å². The van der Waals surface area contributed by atoms with Crippen LogP contribution < -0.4 is 14.5 Å². The summed E-state index contributed by atoms with van der Waals surface area (Å²) < 4.78 is 6.95. The van der Waals surface area contributed by atoms with E-state index >= 15 is 0 Å².